The van der Waals surface area contributed by atoms with E-state index in [1.165, 1.54) is 11.3 Å². The molecule has 0 saturated carbocycles. The van der Waals surface area contributed by atoms with Gasteiger partial charge in [-0.3, -0.25) is 0 Å². The fourth-order valence-electron chi connectivity index (χ4n) is 2.01. The van der Waals surface area contributed by atoms with Crippen molar-refractivity contribution in [2.75, 3.05) is 7.05 Å². The second-order valence-corrected chi connectivity index (χ2v) is 4.15. The molecule has 3 heteroatoms. The molecule has 0 spiro atoms. The van der Waals surface area contributed by atoms with Crippen LogP contribution in [0.4, 0.5) is 0 Å². The zero-order chi connectivity index (χ0) is 11.5. The smallest absolute Gasteiger partial charge is 0.111 e. The van der Waals surface area contributed by atoms with Gasteiger partial charge < -0.3 is 9.88 Å². The minimum Gasteiger partial charge on any atom is -0.328 e. The van der Waals surface area contributed by atoms with Crippen LogP contribution in [0.5, 0.6) is 0 Å². The third-order valence-corrected chi connectivity index (χ3v) is 3.03. The molecule has 2 aromatic rings. The molecule has 1 aromatic carbocycles. The Morgan fingerprint density at radius 1 is 1.38 bits per heavy atom. The van der Waals surface area contributed by atoms with Gasteiger partial charge in [0.25, 0.3) is 0 Å². The van der Waals surface area contributed by atoms with Gasteiger partial charge in [-0.1, -0.05) is 12.1 Å². The fourth-order valence-corrected chi connectivity index (χ4v) is 2.01. The van der Waals surface area contributed by atoms with Crippen molar-refractivity contribution in [3.8, 4) is 0 Å². The fraction of sp³-hybridized carbons (Fsp3) is 0.462. The number of nitrogens with one attached hydrogen (secondary N) is 1. The number of aryl methyl sites for hydroxylation is 1. The summed E-state index contributed by atoms with van der Waals surface area (Å²) >= 11 is 0. The van der Waals surface area contributed by atoms with Gasteiger partial charge in [-0.2, -0.15) is 0 Å². The summed E-state index contributed by atoms with van der Waals surface area (Å²) in [5.41, 5.74) is 2.34. The topological polar surface area (TPSA) is 29.9 Å². The standard InChI is InChI=1S/C13H19N3/c1-4-16-12-8-6-5-7-11(12)15-13(16)9-10(2)14-3/h5-8,10,14H,4,9H2,1-3H3. The van der Waals surface area contributed by atoms with Crippen molar-refractivity contribution in [3.63, 3.8) is 0 Å². The Morgan fingerprint density at radius 3 is 2.81 bits per heavy atom. The van der Waals surface area contributed by atoms with Gasteiger partial charge in [0.2, 0.25) is 0 Å². The lowest BCUT2D eigenvalue weighted by atomic mass is 10.2. The number of nitrogens with zero attached hydrogens (tertiary/aromatic N) is 2. The average molecular weight is 217 g/mol. The number of para-hydroxylation sites is 2. The molecule has 1 atom stereocenters. The van der Waals surface area contributed by atoms with Crippen LogP contribution in [0.3, 0.4) is 0 Å². The number of hydrogen-bond acceptors (Lipinski definition) is 2. The van der Waals surface area contributed by atoms with Crippen LogP contribution in [-0.2, 0) is 13.0 Å². The van der Waals surface area contributed by atoms with Crippen LogP contribution in [0, 0.1) is 0 Å². The molecule has 1 N–H and O–H groups in total. The molecule has 0 fully saturated rings. The number of likely N-dealkylation sites (N-methyl/N-ethyl adjacent to an activating group) is 1. The summed E-state index contributed by atoms with van der Waals surface area (Å²) in [6, 6.07) is 8.79. The Morgan fingerprint density at radius 2 is 2.12 bits per heavy atom. The minimum absolute atomic E-state index is 0.460. The highest BCUT2D eigenvalue weighted by atomic mass is 15.1. The lowest BCUT2D eigenvalue weighted by Gasteiger charge is -2.11. The molecule has 16 heavy (non-hydrogen) atoms. The maximum absolute atomic E-state index is 4.69. The van der Waals surface area contributed by atoms with E-state index in [1.807, 2.05) is 13.1 Å². The number of imidazole rings is 1. The summed E-state index contributed by atoms with van der Waals surface area (Å²) in [4.78, 5) is 4.69. The number of benzene rings is 1. The van der Waals surface area contributed by atoms with Crippen LogP contribution in [0.1, 0.15) is 19.7 Å². The summed E-state index contributed by atoms with van der Waals surface area (Å²) in [5, 5.41) is 3.26. The predicted octanol–water partition coefficient (Wildman–Crippen LogP) is 2.21. The van der Waals surface area contributed by atoms with E-state index in [0.29, 0.717) is 6.04 Å². The van der Waals surface area contributed by atoms with Crippen LogP contribution < -0.4 is 5.32 Å². The Bertz CT molecular complexity index is 473. The predicted molar refractivity (Wildman–Crippen MR) is 67.6 cm³/mol. The highest BCUT2D eigenvalue weighted by Gasteiger charge is 2.10. The molecule has 0 amide bonds. The molecule has 0 radical (unpaired) electrons. The zero-order valence-electron chi connectivity index (χ0n) is 10.2. The molecule has 3 nitrogen and oxygen atoms in total. The normalized spacial score (nSPS) is 13.2. The first-order valence-corrected chi connectivity index (χ1v) is 5.87. The van der Waals surface area contributed by atoms with E-state index in [0.717, 1.165) is 18.5 Å². The summed E-state index contributed by atoms with van der Waals surface area (Å²) in [7, 11) is 1.99. The van der Waals surface area contributed by atoms with E-state index in [4.69, 9.17) is 4.98 Å². The van der Waals surface area contributed by atoms with Gasteiger partial charge in [0.15, 0.2) is 0 Å². The van der Waals surface area contributed by atoms with Crippen molar-refractivity contribution in [1.29, 1.82) is 0 Å². The van der Waals surface area contributed by atoms with Gasteiger partial charge in [0.05, 0.1) is 11.0 Å². The quantitative estimate of drug-likeness (QED) is 0.851. The number of hydrogen-bond donors (Lipinski definition) is 1. The van der Waals surface area contributed by atoms with Crippen LogP contribution in [0.15, 0.2) is 24.3 Å². The molecule has 1 unspecified atom stereocenters. The number of aromatic nitrogens is 2. The SMILES string of the molecule is CCn1c(CC(C)NC)nc2ccccc21. The van der Waals surface area contributed by atoms with Crippen LogP contribution in [0.25, 0.3) is 11.0 Å². The molecule has 0 aliphatic heterocycles. The van der Waals surface area contributed by atoms with Gasteiger partial charge in [0.1, 0.15) is 5.82 Å². The van der Waals surface area contributed by atoms with Gasteiger partial charge >= 0.3 is 0 Å². The maximum Gasteiger partial charge on any atom is 0.111 e. The van der Waals surface area contributed by atoms with E-state index in [2.05, 4.69) is 41.9 Å². The highest BCUT2D eigenvalue weighted by Crippen LogP contribution is 2.16. The van der Waals surface area contributed by atoms with Crippen molar-refractivity contribution in [2.45, 2.75) is 32.9 Å². The van der Waals surface area contributed by atoms with E-state index in [1.54, 1.807) is 0 Å². The number of rotatable bonds is 4. The van der Waals surface area contributed by atoms with E-state index in [9.17, 15) is 0 Å². The van der Waals surface area contributed by atoms with Gasteiger partial charge in [-0.15, -0.1) is 0 Å². The molecule has 86 valence electrons. The van der Waals surface area contributed by atoms with Crippen LogP contribution in [0.2, 0.25) is 0 Å². The Kier molecular flexibility index (Phi) is 3.25. The van der Waals surface area contributed by atoms with Crippen LogP contribution in [-0.4, -0.2) is 22.6 Å². The Hall–Kier alpha value is -1.35. The monoisotopic (exact) mass is 217 g/mol. The van der Waals surface area contributed by atoms with E-state index >= 15 is 0 Å². The lowest BCUT2D eigenvalue weighted by molar-refractivity contribution is 0.570. The van der Waals surface area contributed by atoms with E-state index < -0.39 is 0 Å². The van der Waals surface area contributed by atoms with Gasteiger partial charge in [-0.25, -0.2) is 4.98 Å². The van der Waals surface area contributed by atoms with Crippen molar-refractivity contribution >= 4 is 11.0 Å². The van der Waals surface area contributed by atoms with E-state index in [-0.39, 0.29) is 0 Å². The minimum atomic E-state index is 0.460. The summed E-state index contributed by atoms with van der Waals surface area (Å²) in [6.07, 6.45) is 0.971. The average Bonchev–Trinajstić information content (AvgIpc) is 2.65. The van der Waals surface area contributed by atoms with Gasteiger partial charge in [-0.05, 0) is 33.0 Å². The number of fused-ring (bicyclic) bond motifs is 1. The molecule has 0 saturated heterocycles. The van der Waals surface area contributed by atoms with Crippen molar-refractivity contribution < 1.29 is 0 Å². The first-order valence-electron chi connectivity index (χ1n) is 5.87. The largest absolute Gasteiger partial charge is 0.328 e. The summed E-state index contributed by atoms with van der Waals surface area (Å²) < 4.78 is 2.29. The van der Waals surface area contributed by atoms with Crippen molar-refractivity contribution in [2.24, 2.45) is 0 Å². The Labute approximate surface area is 96.5 Å². The third kappa shape index (κ3) is 1.95. The summed E-state index contributed by atoms with van der Waals surface area (Å²) in [6.45, 7) is 5.33. The molecule has 1 heterocycles. The molecular weight excluding hydrogens is 198 g/mol. The maximum atomic E-state index is 4.69. The second-order valence-electron chi connectivity index (χ2n) is 4.15. The highest BCUT2D eigenvalue weighted by molar-refractivity contribution is 5.75. The second kappa shape index (κ2) is 4.66. The lowest BCUT2D eigenvalue weighted by Crippen LogP contribution is -2.25. The van der Waals surface area contributed by atoms with Gasteiger partial charge in [0, 0.05) is 19.0 Å². The third-order valence-electron chi connectivity index (χ3n) is 3.03. The molecule has 0 bridgehead atoms. The molecular formula is C13H19N3. The first kappa shape index (κ1) is 11.1. The van der Waals surface area contributed by atoms with Crippen LogP contribution >= 0.6 is 0 Å². The molecule has 2 rings (SSSR count). The van der Waals surface area contributed by atoms with Crippen molar-refractivity contribution in [1.82, 2.24) is 14.9 Å². The molecule has 0 aliphatic rings. The summed E-state index contributed by atoms with van der Waals surface area (Å²) in [5.74, 6) is 1.17. The van der Waals surface area contributed by atoms with Crippen molar-refractivity contribution in [3.05, 3.63) is 30.1 Å². The molecule has 0 aliphatic carbocycles. The zero-order valence-corrected chi connectivity index (χ0v) is 10.2. The molecule has 1 aromatic heterocycles. The first-order chi connectivity index (χ1) is 7.76. The Balaban J connectivity index is 2.44.